The third-order valence-electron chi connectivity index (χ3n) is 5.50. The Bertz CT molecular complexity index is 987. The fraction of sp³-hybridized carbons (Fsp3) is 0.455. The topological polar surface area (TPSA) is 109 Å². The second-order valence-corrected chi connectivity index (χ2v) is 9.93. The summed E-state index contributed by atoms with van der Waals surface area (Å²) >= 11 is 0. The summed E-state index contributed by atoms with van der Waals surface area (Å²) in [5.74, 6) is 0.235. The number of carbonyl (C=O) groups is 2. The van der Waals surface area contributed by atoms with Crippen LogP contribution < -0.4 is 10.6 Å². The van der Waals surface area contributed by atoms with Gasteiger partial charge in [0.15, 0.2) is 0 Å². The number of carbonyl (C=O) groups excluding carboxylic acids is 2. The summed E-state index contributed by atoms with van der Waals surface area (Å²) in [7, 11) is -3.97. The third kappa shape index (κ3) is 6.18. The normalized spacial score (nSPS) is 19.2. The Hall–Kier alpha value is -2.65. The van der Waals surface area contributed by atoms with E-state index in [4.69, 9.17) is 4.42 Å². The van der Waals surface area contributed by atoms with Crippen molar-refractivity contribution in [3.8, 4) is 0 Å². The summed E-state index contributed by atoms with van der Waals surface area (Å²) in [6, 6.07) is 9.27. The zero-order valence-corrected chi connectivity index (χ0v) is 18.7. The van der Waals surface area contributed by atoms with Crippen LogP contribution in [0.25, 0.3) is 0 Å². The van der Waals surface area contributed by atoms with E-state index >= 15 is 0 Å². The molecule has 168 valence electrons. The van der Waals surface area contributed by atoms with Crippen LogP contribution in [0.4, 0.5) is 5.69 Å². The highest BCUT2D eigenvalue weighted by Gasteiger charge is 2.30. The minimum Gasteiger partial charge on any atom is -0.468 e. The molecule has 2 atom stereocenters. The zero-order valence-electron chi connectivity index (χ0n) is 17.8. The quantitative estimate of drug-likeness (QED) is 0.646. The largest absolute Gasteiger partial charge is 0.468 e. The van der Waals surface area contributed by atoms with E-state index in [9.17, 15) is 18.0 Å². The molecule has 1 saturated carbocycles. The lowest BCUT2D eigenvalue weighted by Gasteiger charge is -2.30. The fourth-order valence-corrected chi connectivity index (χ4v) is 5.17. The van der Waals surface area contributed by atoms with E-state index in [2.05, 4.69) is 17.6 Å². The molecule has 0 radical (unpaired) electrons. The number of nitrogens with zero attached hydrogens (tertiary/aromatic N) is 1. The molecule has 1 heterocycles. The second kappa shape index (κ2) is 10.1. The molecule has 2 N–H and O–H groups in total. The number of benzene rings is 1. The number of sulfonamides is 1. The maximum absolute atomic E-state index is 13.3. The van der Waals surface area contributed by atoms with Crippen molar-refractivity contribution in [2.45, 2.75) is 57.0 Å². The average molecular weight is 448 g/mol. The van der Waals surface area contributed by atoms with Crippen molar-refractivity contribution in [3.05, 3.63) is 48.4 Å². The van der Waals surface area contributed by atoms with E-state index in [1.807, 2.05) is 0 Å². The van der Waals surface area contributed by atoms with E-state index in [0.717, 1.165) is 30.0 Å². The van der Waals surface area contributed by atoms with Crippen molar-refractivity contribution >= 4 is 27.5 Å². The molecule has 3 rings (SSSR count). The second-order valence-electron chi connectivity index (χ2n) is 7.99. The van der Waals surface area contributed by atoms with Gasteiger partial charge in [-0.2, -0.15) is 4.31 Å². The summed E-state index contributed by atoms with van der Waals surface area (Å²) in [4.78, 5) is 24.0. The molecule has 2 aromatic rings. The summed E-state index contributed by atoms with van der Waals surface area (Å²) in [5.41, 5.74) is 0.494. The lowest BCUT2D eigenvalue weighted by Crippen LogP contribution is -2.46. The molecule has 0 unspecified atom stereocenters. The third-order valence-corrected chi connectivity index (χ3v) is 7.31. The molecule has 0 saturated heterocycles. The Balaban J connectivity index is 1.78. The van der Waals surface area contributed by atoms with Crippen molar-refractivity contribution in [1.82, 2.24) is 9.62 Å². The summed E-state index contributed by atoms with van der Waals surface area (Å²) in [5, 5.41) is 5.61. The van der Waals surface area contributed by atoms with Crippen LogP contribution >= 0.6 is 0 Å². The van der Waals surface area contributed by atoms with Gasteiger partial charge >= 0.3 is 0 Å². The lowest BCUT2D eigenvalue weighted by atomic mass is 9.86. The zero-order chi connectivity index (χ0) is 22.4. The molecule has 1 aromatic carbocycles. The van der Waals surface area contributed by atoms with Gasteiger partial charge in [-0.25, -0.2) is 8.42 Å². The van der Waals surface area contributed by atoms with Crippen molar-refractivity contribution in [1.29, 1.82) is 0 Å². The van der Waals surface area contributed by atoms with Crippen LogP contribution in [0.3, 0.4) is 0 Å². The highest BCUT2D eigenvalue weighted by molar-refractivity contribution is 7.89. The molecule has 1 fully saturated rings. The molecular formula is C22H29N3O5S. The first kappa shape index (κ1) is 23.0. The number of nitrogens with one attached hydrogen (secondary N) is 2. The van der Waals surface area contributed by atoms with Crippen LogP contribution in [-0.2, 0) is 26.2 Å². The summed E-state index contributed by atoms with van der Waals surface area (Å²) in [6.07, 6.45) is 5.64. The first-order valence-corrected chi connectivity index (χ1v) is 11.9. The van der Waals surface area contributed by atoms with Gasteiger partial charge in [-0.3, -0.25) is 9.59 Å². The molecular weight excluding hydrogens is 418 g/mol. The molecule has 0 spiro atoms. The van der Waals surface area contributed by atoms with Crippen LogP contribution in [-0.4, -0.2) is 37.1 Å². The van der Waals surface area contributed by atoms with Gasteiger partial charge in [-0.1, -0.05) is 19.8 Å². The van der Waals surface area contributed by atoms with Crippen LogP contribution in [0.2, 0.25) is 0 Å². The smallest absolute Gasteiger partial charge is 0.243 e. The monoisotopic (exact) mass is 447 g/mol. The maximum Gasteiger partial charge on any atom is 0.243 e. The SMILES string of the molecule is CC(=O)Nc1ccc(S(=O)(=O)N(CC(=O)N[C@@H]2CCCC[C@H]2C)Cc2ccco2)cc1. The maximum atomic E-state index is 13.3. The van der Waals surface area contributed by atoms with Crippen molar-refractivity contribution in [3.63, 3.8) is 0 Å². The molecule has 2 amide bonds. The Morgan fingerprint density at radius 1 is 1.13 bits per heavy atom. The number of furan rings is 1. The molecule has 0 aliphatic heterocycles. The summed E-state index contributed by atoms with van der Waals surface area (Å²) in [6.45, 7) is 3.12. The van der Waals surface area contributed by atoms with Crippen LogP contribution in [0.1, 0.15) is 45.3 Å². The number of hydrogen-bond acceptors (Lipinski definition) is 5. The van der Waals surface area contributed by atoms with Gasteiger partial charge in [0.1, 0.15) is 5.76 Å². The predicted molar refractivity (Wildman–Crippen MR) is 117 cm³/mol. The van der Waals surface area contributed by atoms with Gasteiger partial charge in [0.2, 0.25) is 21.8 Å². The highest BCUT2D eigenvalue weighted by atomic mass is 32.2. The average Bonchev–Trinajstić information content (AvgIpc) is 3.22. The first-order chi connectivity index (χ1) is 14.8. The van der Waals surface area contributed by atoms with Gasteiger partial charge < -0.3 is 15.1 Å². The highest BCUT2D eigenvalue weighted by Crippen LogP contribution is 2.24. The van der Waals surface area contributed by atoms with Crippen LogP contribution in [0, 0.1) is 5.92 Å². The lowest BCUT2D eigenvalue weighted by molar-refractivity contribution is -0.122. The van der Waals surface area contributed by atoms with Gasteiger partial charge in [-0.05, 0) is 55.2 Å². The van der Waals surface area contributed by atoms with Gasteiger partial charge in [0.25, 0.3) is 0 Å². The van der Waals surface area contributed by atoms with Gasteiger partial charge in [0, 0.05) is 18.7 Å². The fourth-order valence-electron chi connectivity index (χ4n) is 3.81. The number of hydrogen-bond donors (Lipinski definition) is 2. The minimum atomic E-state index is -3.97. The Morgan fingerprint density at radius 2 is 1.84 bits per heavy atom. The molecule has 0 bridgehead atoms. The number of anilines is 1. The summed E-state index contributed by atoms with van der Waals surface area (Å²) < 4.78 is 33.0. The number of amides is 2. The van der Waals surface area contributed by atoms with Gasteiger partial charge in [-0.15, -0.1) is 0 Å². The van der Waals surface area contributed by atoms with Crippen molar-refractivity contribution < 1.29 is 22.4 Å². The van der Waals surface area contributed by atoms with Gasteiger partial charge in [0.05, 0.1) is 24.2 Å². The minimum absolute atomic E-state index is 0.0343. The first-order valence-electron chi connectivity index (χ1n) is 10.5. The van der Waals surface area contributed by atoms with E-state index in [0.29, 0.717) is 17.4 Å². The molecule has 9 heteroatoms. The molecule has 1 aliphatic rings. The predicted octanol–water partition coefficient (Wildman–Crippen LogP) is 3.12. The standard InChI is InChI=1S/C22H29N3O5S/c1-16-6-3-4-8-21(16)24-22(27)15-25(14-19-7-5-13-30-19)31(28,29)20-11-9-18(10-12-20)23-17(2)26/h5,7,9-13,16,21H,3-4,6,8,14-15H2,1-2H3,(H,23,26)(H,24,27)/t16-,21-/m1/s1. The van der Waals surface area contributed by atoms with Crippen LogP contribution in [0.5, 0.6) is 0 Å². The van der Waals surface area contributed by atoms with Crippen molar-refractivity contribution in [2.24, 2.45) is 5.92 Å². The molecule has 1 aromatic heterocycles. The van der Waals surface area contributed by atoms with E-state index < -0.39 is 10.0 Å². The van der Waals surface area contributed by atoms with Crippen molar-refractivity contribution in [2.75, 3.05) is 11.9 Å². The Labute approximate surface area is 183 Å². The molecule has 31 heavy (non-hydrogen) atoms. The Kier molecular flexibility index (Phi) is 7.50. The van der Waals surface area contributed by atoms with E-state index in [-0.39, 0.29) is 35.8 Å². The molecule has 8 nitrogen and oxygen atoms in total. The van der Waals surface area contributed by atoms with Crippen LogP contribution in [0.15, 0.2) is 52.0 Å². The van der Waals surface area contributed by atoms with E-state index in [1.165, 1.54) is 37.5 Å². The number of rotatable bonds is 8. The van der Waals surface area contributed by atoms with E-state index in [1.54, 1.807) is 12.1 Å². The molecule has 1 aliphatic carbocycles. The Morgan fingerprint density at radius 3 is 2.45 bits per heavy atom.